The van der Waals surface area contributed by atoms with Crippen molar-refractivity contribution >= 4 is 11.3 Å². The SMILES string of the molecule is CN1CC2(CCC(N3CCC(c4cc(F)cnc4-c4nncs4)CC3)C2)C1. The van der Waals surface area contributed by atoms with E-state index < -0.39 is 0 Å². The summed E-state index contributed by atoms with van der Waals surface area (Å²) in [6, 6.07) is 2.41. The Morgan fingerprint density at radius 3 is 2.74 bits per heavy atom. The Morgan fingerprint density at radius 1 is 1.22 bits per heavy atom. The molecule has 3 fully saturated rings. The third kappa shape index (κ3) is 3.30. The van der Waals surface area contributed by atoms with Gasteiger partial charge < -0.3 is 9.80 Å². The number of hydrogen-bond acceptors (Lipinski definition) is 6. The van der Waals surface area contributed by atoms with Gasteiger partial charge in [-0.25, -0.2) is 4.39 Å². The zero-order chi connectivity index (χ0) is 18.4. The van der Waals surface area contributed by atoms with Gasteiger partial charge in [0.2, 0.25) is 0 Å². The molecule has 1 atom stereocenters. The molecule has 2 aromatic heterocycles. The Labute approximate surface area is 163 Å². The summed E-state index contributed by atoms with van der Waals surface area (Å²) >= 11 is 1.47. The molecule has 0 N–H and O–H groups in total. The van der Waals surface area contributed by atoms with E-state index in [0.29, 0.717) is 11.3 Å². The maximum Gasteiger partial charge on any atom is 0.166 e. The predicted molar refractivity (Wildman–Crippen MR) is 104 cm³/mol. The standard InChI is InChI=1S/C20H26FN5S/c1-25-11-20(12-25)5-2-16(9-20)26-6-3-14(4-7-26)17-8-15(21)10-22-18(17)19-24-23-13-27-19/h8,10,13-14,16H,2-7,9,11-12H2,1H3. The van der Waals surface area contributed by atoms with Gasteiger partial charge in [-0.3, -0.25) is 4.98 Å². The van der Waals surface area contributed by atoms with E-state index >= 15 is 0 Å². The summed E-state index contributed by atoms with van der Waals surface area (Å²) in [5, 5.41) is 8.87. The van der Waals surface area contributed by atoms with E-state index in [1.165, 1.54) is 49.9 Å². The van der Waals surface area contributed by atoms with Crippen molar-refractivity contribution in [3.8, 4) is 10.7 Å². The van der Waals surface area contributed by atoms with E-state index in [2.05, 4.69) is 32.0 Å². The zero-order valence-electron chi connectivity index (χ0n) is 15.8. The quantitative estimate of drug-likeness (QED) is 0.808. The van der Waals surface area contributed by atoms with E-state index in [1.807, 2.05) is 0 Å². The average Bonchev–Trinajstić information content (AvgIpc) is 3.32. The van der Waals surface area contributed by atoms with Gasteiger partial charge in [0.05, 0.1) is 6.20 Å². The minimum atomic E-state index is -0.257. The van der Waals surface area contributed by atoms with Gasteiger partial charge in [0.1, 0.15) is 17.0 Å². The molecule has 0 radical (unpaired) electrons. The molecule has 144 valence electrons. The molecule has 1 aliphatic carbocycles. The van der Waals surface area contributed by atoms with Crippen LogP contribution in [-0.4, -0.2) is 64.2 Å². The monoisotopic (exact) mass is 387 g/mol. The molecule has 1 saturated carbocycles. The van der Waals surface area contributed by atoms with Crippen LogP contribution >= 0.6 is 11.3 Å². The second kappa shape index (κ2) is 6.87. The first-order valence-corrected chi connectivity index (χ1v) is 10.8. The van der Waals surface area contributed by atoms with E-state index in [1.54, 1.807) is 11.6 Å². The summed E-state index contributed by atoms with van der Waals surface area (Å²) in [6.45, 7) is 4.76. The molecule has 7 heteroatoms. The Bertz CT molecular complexity index is 797. The molecule has 1 spiro atoms. The normalized spacial score (nSPS) is 26.5. The van der Waals surface area contributed by atoms with Gasteiger partial charge in [-0.2, -0.15) is 0 Å². The van der Waals surface area contributed by atoms with Crippen LogP contribution in [0.1, 0.15) is 43.6 Å². The zero-order valence-corrected chi connectivity index (χ0v) is 16.6. The van der Waals surface area contributed by atoms with Crippen molar-refractivity contribution in [2.45, 2.75) is 44.1 Å². The van der Waals surface area contributed by atoms with Crippen LogP contribution in [0.25, 0.3) is 10.7 Å². The van der Waals surface area contributed by atoms with Gasteiger partial charge in [-0.15, -0.1) is 10.2 Å². The first kappa shape index (κ1) is 17.6. The third-order valence-electron chi connectivity index (χ3n) is 6.82. The minimum absolute atomic E-state index is 0.257. The maximum atomic E-state index is 13.9. The molecule has 2 aromatic rings. The molecule has 3 aliphatic rings. The number of piperidine rings is 1. The van der Waals surface area contributed by atoms with Crippen LogP contribution in [0.2, 0.25) is 0 Å². The van der Waals surface area contributed by atoms with Crippen molar-refractivity contribution in [2.24, 2.45) is 5.41 Å². The topological polar surface area (TPSA) is 45.2 Å². The second-order valence-corrected chi connectivity index (χ2v) is 9.55. The van der Waals surface area contributed by atoms with E-state index in [-0.39, 0.29) is 5.82 Å². The van der Waals surface area contributed by atoms with Crippen LogP contribution in [0, 0.1) is 11.2 Å². The lowest BCUT2D eigenvalue weighted by Crippen LogP contribution is -2.53. The summed E-state index contributed by atoms with van der Waals surface area (Å²) in [4.78, 5) is 9.49. The Hall–Kier alpha value is -1.44. The lowest BCUT2D eigenvalue weighted by Gasteiger charge is -2.47. The first-order chi connectivity index (χ1) is 13.1. The highest BCUT2D eigenvalue weighted by Gasteiger charge is 2.48. The largest absolute Gasteiger partial charge is 0.305 e. The molecular weight excluding hydrogens is 361 g/mol. The lowest BCUT2D eigenvalue weighted by molar-refractivity contribution is 0.0191. The van der Waals surface area contributed by atoms with Gasteiger partial charge in [-0.1, -0.05) is 11.3 Å². The number of pyridine rings is 1. The number of hydrogen-bond donors (Lipinski definition) is 0. The van der Waals surface area contributed by atoms with Crippen molar-refractivity contribution in [1.29, 1.82) is 0 Å². The van der Waals surface area contributed by atoms with E-state index in [9.17, 15) is 4.39 Å². The van der Waals surface area contributed by atoms with Gasteiger partial charge in [0.25, 0.3) is 0 Å². The number of rotatable bonds is 3. The fourth-order valence-corrected chi connectivity index (χ4v) is 6.24. The second-order valence-electron chi connectivity index (χ2n) is 8.71. The van der Waals surface area contributed by atoms with Gasteiger partial charge in [0.15, 0.2) is 5.01 Å². The molecule has 2 aliphatic heterocycles. The molecule has 0 amide bonds. The van der Waals surface area contributed by atoms with Crippen molar-refractivity contribution in [3.05, 3.63) is 29.2 Å². The van der Waals surface area contributed by atoms with Crippen LogP contribution in [0.5, 0.6) is 0 Å². The molecule has 27 heavy (non-hydrogen) atoms. The highest BCUT2D eigenvalue weighted by molar-refractivity contribution is 7.12. The van der Waals surface area contributed by atoms with Crippen LogP contribution in [0.3, 0.4) is 0 Å². The Balaban J connectivity index is 1.27. The molecule has 2 saturated heterocycles. The van der Waals surface area contributed by atoms with Crippen molar-refractivity contribution in [1.82, 2.24) is 25.0 Å². The average molecular weight is 388 g/mol. The fraction of sp³-hybridized carbons (Fsp3) is 0.650. The predicted octanol–water partition coefficient (Wildman–Crippen LogP) is 3.40. The minimum Gasteiger partial charge on any atom is -0.305 e. The Kier molecular flexibility index (Phi) is 4.49. The highest BCUT2D eigenvalue weighted by atomic mass is 32.1. The van der Waals surface area contributed by atoms with E-state index in [0.717, 1.165) is 48.2 Å². The number of halogens is 1. The van der Waals surface area contributed by atoms with Gasteiger partial charge in [0, 0.05) is 19.1 Å². The number of likely N-dealkylation sites (tertiary alicyclic amines) is 2. The maximum absolute atomic E-state index is 13.9. The summed E-state index contributed by atoms with van der Waals surface area (Å²) in [7, 11) is 2.23. The van der Waals surface area contributed by atoms with Crippen LogP contribution in [-0.2, 0) is 0 Å². The van der Waals surface area contributed by atoms with Crippen molar-refractivity contribution in [3.63, 3.8) is 0 Å². The summed E-state index contributed by atoms with van der Waals surface area (Å²) in [5.41, 5.74) is 4.14. The lowest BCUT2D eigenvalue weighted by atomic mass is 9.78. The fourth-order valence-electron chi connectivity index (χ4n) is 5.67. The molecule has 0 aromatic carbocycles. The molecular formula is C20H26FN5S. The van der Waals surface area contributed by atoms with Gasteiger partial charge >= 0.3 is 0 Å². The third-order valence-corrected chi connectivity index (χ3v) is 7.52. The summed E-state index contributed by atoms with van der Waals surface area (Å²) < 4.78 is 13.9. The molecule has 1 unspecified atom stereocenters. The smallest absolute Gasteiger partial charge is 0.166 e. The van der Waals surface area contributed by atoms with Crippen molar-refractivity contribution < 1.29 is 4.39 Å². The van der Waals surface area contributed by atoms with Gasteiger partial charge in [-0.05, 0) is 75.2 Å². The molecule has 5 rings (SSSR count). The van der Waals surface area contributed by atoms with Crippen LogP contribution < -0.4 is 0 Å². The van der Waals surface area contributed by atoms with Crippen LogP contribution in [0.4, 0.5) is 4.39 Å². The summed E-state index contributed by atoms with van der Waals surface area (Å²) in [6.07, 6.45) is 7.52. The first-order valence-electron chi connectivity index (χ1n) is 9.96. The number of aromatic nitrogens is 3. The molecule has 5 nitrogen and oxygen atoms in total. The van der Waals surface area contributed by atoms with E-state index in [4.69, 9.17) is 0 Å². The van der Waals surface area contributed by atoms with Crippen LogP contribution in [0.15, 0.2) is 17.8 Å². The summed E-state index contributed by atoms with van der Waals surface area (Å²) in [5.74, 6) is 0.0982. The highest BCUT2D eigenvalue weighted by Crippen LogP contribution is 2.47. The van der Waals surface area contributed by atoms with Crippen molar-refractivity contribution in [2.75, 3.05) is 33.2 Å². The number of nitrogens with zero attached hydrogens (tertiary/aromatic N) is 5. The molecule has 0 bridgehead atoms. The Morgan fingerprint density at radius 2 is 2.04 bits per heavy atom. The molecule has 4 heterocycles.